The van der Waals surface area contributed by atoms with E-state index in [4.69, 9.17) is 5.14 Å². The highest BCUT2D eigenvalue weighted by molar-refractivity contribution is 7.91. The van der Waals surface area contributed by atoms with E-state index in [9.17, 15) is 39.6 Å². The number of primary sulfonamides is 1. The summed E-state index contributed by atoms with van der Waals surface area (Å²) in [6.07, 6.45) is 3.12. The van der Waals surface area contributed by atoms with E-state index >= 15 is 0 Å². The molecule has 4 aromatic heterocycles. The summed E-state index contributed by atoms with van der Waals surface area (Å²) in [5.74, 6) is 0.133. The Balaban J connectivity index is 0.000000157. The van der Waals surface area contributed by atoms with Crippen LogP contribution in [0.25, 0.3) is 39.0 Å². The lowest BCUT2D eigenvalue weighted by atomic mass is 10.0. The molecule has 67 heavy (non-hydrogen) atoms. The van der Waals surface area contributed by atoms with E-state index in [-0.39, 0.29) is 33.3 Å². The number of aryl methyl sites for hydroxylation is 4. The molecule has 9 rings (SSSR count). The van der Waals surface area contributed by atoms with Crippen molar-refractivity contribution in [2.75, 3.05) is 19.3 Å². The molecule has 0 saturated carbocycles. The Kier molecular flexibility index (Phi) is 13.9. The fraction of sp³-hybridized carbons (Fsp3) is 0.277. The summed E-state index contributed by atoms with van der Waals surface area (Å²) < 4.78 is 92.3. The maximum atomic E-state index is 13.1. The van der Waals surface area contributed by atoms with Crippen LogP contribution >= 0.6 is 0 Å². The second kappa shape index (κ2) is 19.3. The number of likely N-dealkylation sites (N-methyl/N-ethyl adjacent to an activating group) is 1. The molecule has 20 heteroatoms. The van der Waals surface area contributed by atoms with Crippen molar-refractivity contribution in [3.8, 4) is 16.9 Å². The van der Waals surface area contributed by atoms with Crippen LogP contribution in [-0.4, -0.2) is 80.6 Å². The van der Waals surface area contributed by atoms with Crippen molar-refractivity contribution in [3.63, 3.8) is 0 Å². The zero-order valence-electron chi connectivity index (χ0n) is 37.4. The average molecular weight is 958 g/mol. The third-order valence-corrected chi connectivity index (χ3v) is 14.5. The van der Waals surface area contributed by atoms with Gasteiger partial charge in [-0.25, -0.2) is 36.4 Å². The molecule has 1 fully saturated rings. The molecule has 0 unspecified atom stereocenters. The SMILES string of the molecule is CN1CCC[C@@H]1Cc1c[nH]c2ccc(CCS(=O)(=O)c3ccccc3)cc12.Cc1ccc(-c2cc(C(F)(F)F)nn2-c2ccc(S(N)(=O)=O)cc2)cc1.Cn1c(=O)c2c(ncn2C)n(C)c1=O. The van der Waals surface area contributed by atoms with Crippen LogP contribution in [0.4, 0.5) is 13.2 Å². The van der Waals surface area contributed by atoms with Crippen LogP contribution in [0.5, 0.6) is 0 Å². The van der Waals surface area contributed by atoms with Crippen LogP contribution in [0, 0.1) is 6.92 Å². The van der Waals surface area contributed by atoms with Crippen molar-refractivity contribution < 1.29 is 30.0 Å². The summed E-state index contributed by atoms with van der Waals surface area (Å²) in [4.78, 5) is 33.2. The Morgan fingerprint density at radius 1 is 0.836 bits per heavy atom. The van der Waals surface area contributed by atoms with Gasteiger partial charge < -0.3 is 14.5 Å². The predicted octanol–water partition coefficient (Wildman–Crippen LogP) is 6.31. The first-order chi connectivity index (χ1) is 31.6. The Bertz CT molecular complexity index is 3400. The molecule has 15 nitrogen and oxygen atoms in total. The molecule has 0 spiro atoms. The summed E-state index contributed by atoms with van der Waals surface area (Å²) in [5.41, 5.74) is 4.70. The lowest BCUT2D eigenvalue weighted by Gasteiger charge is -2.18. The molecule has 5 heterocycles. The third kappa shape index (κ3) is 10.8. The number of likely N-dealkylation sites (tertiary alicyclic amines) is 1. The van der Waals surface area contributed by atoms with Gasteiger partial charge in [0.2, 0.25) is 10.0 Å². The molecule has 4 aromatic carbocycles. The number of nitrogens with zero attached hydrogens (tertiary/aromatic N) is 7. The van der Waals surface area contributed by atoms with Crippen molar-refractivity contribution >= 4 is 41.9 Å². The van der Waals surface area contributed by atoms with Gasteiger partial charge in [0.05, 0.1) is 33.3 Å². The number of rotatable bonds is 9. The van der Waals surface area contributed by atoms with Crippen LogP contribution in [0.1, 0.15) is 35.2 Å². The highest BCUT2D eigenvalue weighted by atomic mass is 32.2. The Morgan fingerprint density at radius 2 is 1.52 bits per heavy atom. The molecule has 1 aliphatic rings. The number of halogens is 3. The second-order valence-corrected chi connectivity index (χ2v) is 20.2. The van der Waals surface area contributed by atoms with Crippen molar-refractivity contribution in [1.82, 2.24) is 38.3 Å². The number of hydrogen-bond donors (Lipinski definition) is 2. The number of sulfone groups is 1. The highest BCUT2D eigenvalue weighted by Crippen LogP contribution is 2.34. The van der Waals surface area contributed by atoms with Crippen LogP contribution in [0.15, 0.2) is 135 Å². The standard InChI is InChI=1S/C22H26N2O2S.C17H14F3N3O2S.C8H10N4O2/c1-24-12-5-6-19(24)15-18-16-23-22-10-9-17(14-21(18)22)11-13-27(25,26)20-7-3-2-4-8-20;1-11-2-4-12(5-3-11)15-10-16(17(18,19)20)22-23(15)13-6-8-14(9-7-13)26(21,24)25;1-10-4-9-6-5(10)7(13)12(3)8(14)11(6)2/h2-4,7-10,14,16,19,23H,5-6,11-13,15H2,1H3;2-10H,1H3,(H2,21,24,25);4H,1-3H3/t19-;;/m1../s1. The van der Waals surface area contributed by atoms with Crippen LogP contribution in [0.3, 0.4) is 0 Å². The molecule has 0 aliphatic carbocycles. The summed E-state index contributed by atoms with van der Waals surface area (Å²) >= 11 is 0. The molecule has 3 N–H and O–H groups in total. The van der Waals surface area contributed by atoms with Crippen molar-refractivity contribution in [3.05, 3.63) is 159 Å². The van der Waals surface area contributed by atoms with E-state index in [1.807, 2.05) is 19.1 Å². The first-order valence-corrected chi connectivity index (χ1v) is 24.3. The molecular weight excluding hydrogens is 908 g/mol. The minimum Gasteiger partial charge on any atom is -0.361 e. The topological polar surface area (TPSA) is 193 Å². The van der Waals surface area contributed by atoms with E-state index in [1.54, 1.807) is 67.2 Å². The number of aromatic nitrogens is 7. The summed E-state index contributed by atoms with van der Waals surface area (Å²) in [6.45, 7) is 3.05. The molecule has 1 aliphatic heterocycles. The number of nitrogens with one attached hydrogen (secondary N) is 1. The van der Waals surface area contributed by atoms with Gasteiger partial charge in [-0.1, -0.05) is 54.1 Å². The quantitative estimate of drug-likeness (QED) is 0.167. The molecular formula is C47H50F3N9O6S2. The maximum Gasteiger partial charge on any atom is 0.435 e. The highest BCUT2D eigenvalue weighted by Gasteiger charge is 2.35. The number of sulfonamides is 1. The minimum atomic E-state index is -4.61. The summed E-state index contributed by atoms with van der Waals surface area (Å²) in [5, 5.41) is 9.92. The van der Waals surface area contributed by atoms with E-state index in [0.717, 1.165) is 38.4 Å². The zero-order chi connectivity index (χ0) is 48.4. The van der Waals surface area contributed by atoms with Gasteiger partial charge in [0.1, 0.15) is 0 Å². The number of hydrogen-bond acceptors (Lipinski definition) is 9. The zero-order valence-corrected chi connectivity index (χ0v) is 39.0. The number of imidazole rings is 1. The number of aromatic amines is 1. The van der Waals surface area contributed by atoms with Crippen LogP contribution in [0.2, 0.25) is 0 Å². The number of fused-ring (bicyclic) bond motifs is 2. The smallest absolute Gasteiger partial charge is 0.361 e. The summed E-state index contributed by atoms with van der Waals surface area (Å²) in [7, 11) is -0.171. The third-order valence-electron chi connectivity index (χ3n) is 11.8. The molecule has 1 atom stereocenters. The number of H-pyrrole nitrogens is 1. The van der Waals surface area contributed by atoms with Crippen LogP contribution in [-0.2, 0) is 60.0 Å². The Hall–Kier alpha value is -6.61. The summed E-state index contributed by atoms with van der Waals surface area (Å²) in [6, 6.07) is 28.6. The Labute approximate surface area is 384 Å². The molecule has 8 aromatic rings. The number of benzene rings is 4. The molecule has 0 bridgehead atoms. The fourth-order valence-corrected chi connectivity index (χ4v) is 9.76. The van der Waals surface area contributed by atoms with Gasteiger partial charge in [0.15, 0.2) is 26.7 Å². The predicted molar refractivity (Wildman–Crippen MR) is 251 cm³/mol. The van der Waals surface area contributed by atoms with Gasteiger partial charge in [-0.05, 0) is 112 Å². The normalized spacial score (nSPS) is 14.5. The average Bonchev–Trinajstić information content (AvgIpc) is 4.12. The lowest BCUT2D eigenvalue weighted by molar-refractivity contribution is -0.141. The van der Waals surface area contributed by atoms with E-state index in [0.29, 0.717) is 34.1 Å². The second-order valence-electron chi connectivity index (χ2n) is 16.5. The largest absolute Gasteiger partial charge is 0.435 e. The van der Waals surface area contributed by atoms with Crippen molar-refractivity contribution in [1.29, 1.82) is 0 Å². The van der Waals surface area contributed by atoms with Crippen LogP contribution < -0.4 is 16.4 Å². The van der Waals surface area contributed by atoms with Crippen molar-refractivity contribution in [2.45, 2.75) is 54.6 Å². The molecule has 0 radical (unpaired) electrons. The molecule has 352 valence electrons. The fourth-order valence-electron chi connectivity index (χ4n) is 7.93. The van der Waals surface area contributed by atoms with Gasteiger partial charge in [0, 0.05) is 49.8 Å². The van der Waals surface area contributed by atoms with E-state index in [1.165, 1.54) is 72.5 Å². The maximum absolute atomic E-state index is 13.1. The first-order valence-electron chi connectivity index (χ1n) is 21.1. The number of nitrogens with two attached hydrogens (primary N) is 1. The lowest BCUT2D eigenvalue weighted by Crippen LogP contribution is -2.37. The van der Waals surface area contributed by atoms with Gasteiger partial charge in [0.25, 0.3) is 5.56 Å². The van der Waals surface area contributed by atoms with E-state index < -0.39 is 31.7 Å². The number of alkyl halides is 3. The van der Waals surface area contributed by atoms with Crippen molar-refractivity contribution in [2.24, 2.45) is 26.3 Å². The minimum absolute atomic E-state index is 0.133. The molecule has 0 amide bonds. The first kappa shape index (κ1) is 48.3. The van der Waals surface area contributed by atoms with Gasteiger partial charge in [-0.3, -0.25) is 13.9 Å². The van der Waals surface area contributed by atoms with Gasteiger partial charge in [-0.2, -0.15) is 18.3 Å². The van der Waals surface area contributed by atoms with Gasteiger partial charge in [-0.15, -0.1) is 0 Å². The molecule has 1 saturated heterocycles. The van der Waals surface area contributed by atoms with Gasteiger partial charge >= 0.3 is 11.9 Å². The van der Waals surface area contributed by atoms with E-state index in [2.05, 4.69) is 45.3 Å². The monoisotopic (exact) mass is 957 g/mol. The Morgan fingerprint density at radius 3 is 2.15 bits per heavy atom.